The van der Waals surface area contributed by atoms with Crippen molar-refractivity contribution < 1.29 is 4.43 Å². The van der Waals surface area contributed by atoms with Gasteiger partial charge in [0.15, 0.2) is 8.32 Å². The van der Waals surface area contributed by atoms with Crippen LogP contribution in [0.15, 0.2) is 30.3 Å². The van der Waals surface area contributed by atoms with E-state index in [1.54, 1.807) is 0 Å². The molecule has 4 heteroatoms. The first-order valence-corrected chi connectivity index (χ1v) is 12.9. The quantitative estimate of drug-likeness (QED) is 0.805. The standard InChI is InChI=1S/C21H36N2OSi/c1-21(2,3)25(4,5)24-19-13-9-12-18-20(19)22-14-15-23(18)16-17-10-7-6-8-11-17/h6-8,10-11,18-20,22H,9,12-16H2,1-5H3/t18-,19-,20-/m0/s1. The third-order valence-electron chi connectivity index (χ3n) is 6.53. The van der Waals surface area contributed by atoms with Crippen molar-refractivity contribution >= 4 is 8.32 Å². The summed E-state index contributed by atoms with van der Waals surface area (Å²) < 4.78 is 6.86. The highest BCUT2D eigenvalue weighted by molar-refractivity contribution is 6.74. The van der Waals surface area contributed by atoms with Crippen molar-refractivity contribution in [2.24, 2.45) is 0 Å². The van der Waals surface area contributed by atoms with Gasteiger partial charge in [-0.15, -0.1) is 0 Å². The summed E-state index contributed by atoms with van der Waals surface area (Å²) in [5.74, 6) is 0. The van der Waals surface area contributed by atoms with Crippen molar-refractivity contribution in [1.82, 2.24) is 10.2 Å². The van der Waals surface area contributed by atoms with Crippen molar-refractivity contribution in [1.29, 1.82) is 0 Å². The average molecular weight is 361 g/mol. The zero-order valence-corrected chi connectivity index (χ0v) is 17.7. The van der Waals surface area contributed by atoms with Crippen LogP contribution >= 0.6 is 0 Å². The Hall–Kier alpha value is -0.683. The Bertz CT molecular complexity index is 555. The van der Waals surface area contributed by atoms with Crippen LogP contribution in [0.1, 0.15) is 45.6 Å². The van der Waals surface area contributed by atoms with Gasteiger partial charge >= 0.3 is 0 Å². The largest absolute Gasteiger partial charge is 0.412 e. The van der Waals surface area contributed by atoms with Gasteiger partial charge in [-0.2, -0.15) is 0 Å². The minimum Gasteiger partial charge on any atom is -0.412 e. The molecule has 0 amide bonds. The average Bonchev–Trinajstić information content (AvgIpc) is 2.55. The van der Waals surface area contributed by atoms with Crippen LogP contribution in [0.5, 0.6) is 0 Å². The summed E-state index contributed by atoms with van der Waals surface area (Å²) in [5, 5.41) is 4.09. The Balaban J connectivity index is 1.71. The lowest BCUT2D eigenvalue weighted by atomic mass is 9.85. The summed E-state index contributed by atoms with van der Waals surface area (Å²) in [5.41, 5.74) is 1.43. The van der Waals surface area contributed by atoms with E-state index < -0.39 is 8.32 Å². The lowest BCUT2D eigenvalue weighted by molar-refractivity contribution is 0.00484. The highest BCUT2D eigenvalue weighted by Crippen LogP contribution is 2.40. The normalized spacial score (nSPS) is 28.6. The fourth-order valence-corrected chi connectivity index (χ4v) is 5.43. The Labute approximate surface area is 155 Å². The maximum absolute atomic E-state index is 6.86. The third kappa shape index (κ3) is 4.36. The first-order chi connectivity index (χ1) is 11.8. The Morgan fingerprint density at radius 1 is 1.16 bits per heavy atom. The summed E-state index contributed by atoms with van der Waals surface area (Å²) in [4.78, 5) is 2.69. The van der Waals surface area contributed by atoms with Crippen molar-refractivity contribution in [2.75, 3.05) is 13.1 Å². The molecule has 1 aromatic rings. The van der Waals surface area contributed by atoms with E-state index in [0.717, 1.165) is 19.6 Å². The minimum absolute atomic E-state index is 0.276. The van der Waals surface area contributed by atoms with Gasteiger partial charge in [-0.1, -0.05) is 51.1 Å². The molecule has 0 aromatic heterocycles. The van der Waals surface area contributed by atoms with E-state index in [1.165, 1.54) is 24.8 Å². The number of nitrogens with zero attached hydrogens (tertiary/aromatic N) is 1. The molecule has 1 heterocycles. The van der Waals surface area contributed by atoms with Gasteiger partial charge in [0, 0.05) is 31.7 Å². The van der Waals surface area contributed by atoms with Gasteiger partial charge in [-0.3, -0.25) is 4.90 Å². The maximum atomic E-state index is 6.86. The predicted octanol–water partition coefficient (Wildman–Crippen LogP) is 4.40. The van der Waals surface area contributed by atoms with Crippen molar-refractivity contribution in [2.45, 2.75) is 82.9 Å². The van der Waals surface area contributed by atoms with Crippen LogP contribution in [-0.4, -0.2) is 44.5 Å². The maximum Gasteiger partial charge on any atom is 0.192 e. The topological polar surface area (TPSA) is 24.5 Å². The Kier molecular flexibility index (Phi) is 5.74. The van der Waals surface area contributed by atoms with Crippen LogP contribution < -0.4 is 5.32 Å². The fourth-order valence-electron chi connectivity index (χ4n) is 4.05. The zero-order chi connectivity index (χ0) is 18.1. The van der Waals surface area contributed by atoms with Crippen LogP contribution in [0.25, 0.3) is 0 Å². The number of nitrogens with one attached hydrogen (secondary N) is 1. The number of piperazine rings is 1. The Morgan fingerprint density at radius 2 is 1.88 bits per heavy atom. The van der Waals surface area contributed by atoms with Gasteiger partial charge in [-0.05, 0) is 43.0 Å². The molecule has 1 aromatic carbocycles. The van der Waals surface area contributed by atoms with E-state index in [-0.39, 0.29) is 5.04 Å². The summed E-state index contributed by atoms with van der Waals surface area (Å²) in [7, 11) is -1.72. The van der Waals surface area contributed by atoms with Gasteiger partial charge in [0.1, 0.15) is 0 Å². The molecule has 3 atom stereocenters. The number of hydrogen-bond donors (Lipinski definition) is 1. The van der Waals surface area contributed by atoms with Gasteiger partial charge in [0.25, 0.3) is 0 Å². The van der Waals surface area contributed by atoms with Crippen LogP contribution in [0.3, 0.4) is 0 Å². The summed E-state index contributed by atoms with van der Waals surface area (Å²) in [6.45, 7) is 15.1. The van der Waals surface area contributed by atoms with E-state index in [2.05, 4.69) is 74.4 Å². The van der Waals surface area contributed by atoms with Gasteiger partial charge in [0.05, 0.1) is 6.10 Å². The molecule has 1 N–H and O–H groups in total. The lowest BCUT2D eigenvalue weighted by Crippen LogP contribution is -2.65. The number of hydrogen-bond acceptors (Lipinski definition) is 3. The number of benzene rings is 1. The number of rotatable bonds is 4. The molecule has 1 saturated carbocycles. The highest BCUT2D eigenvalue weighted by Gasteiger charge is 2.45. The monoisotopic (exact) mass is 360 g/mol. The molecule has 2 aliphatic rings. The molecule has 1 aliphatic heterocycles. The second kappa shape index (κ2) is 7.51. The van der Waals surface area contributed by atoms with Crippen molar-refractivity contribution in [3.63, 3.8) is 0 Å². The zero-order valence-electron chi connectivity index (χ0n) is 16.7. The molecule has 3 rings (SSSR count). The van der Waals surface area contributed by atoms with Gasteiger partial charge < -0.3 is 9.74 Å². The third-order valence-corrected chi connectivity index (χ3v) is 11.0. The second-order valence-electron chi connectivity index (χ2n) is 9.35. The molecule has 1 saturated heterocycles. The minimum atomic E-state index is -1.72. The van der Waals surface area contributed by atoms with E-state index in [9.17, 15) is 0 Å². The molecule has 0 unspecified atom stereocenters. The number of fused-ring (bicyclic) bond motifs is 1. The Morgan fingerprint density at radius 3 is 2.56 bits per heavy atom. The van der Waals surface area contributed by atoms with E-state index >= 15 is 0 Å². The second-order valence-corrected chi connectivity index (χ2v) is 14.1. The summed E-state index contributed by atoms with van der Waals surface area (Å²) in [6, 6.07) is 12.0. The van der Waals surface area contributed by atoms with Crippen LogP contribution in [0.4, 0.5) is 0 Å². The summed E-state index contributed by atoms with van der Waals surface area (Å²) in [6.07, 6.45) is 4.16. The van der Waals surface area contributed by atoms with Crippen molar-refractivity contribution in [3.8, 4) is 0 Å². The van der Waals surface area contributed by atoms with Crippen LogP contribution in [0, 0.1) is 0 Å². The molecule has 25 heavy (non-hydrogen) atoms. The molecule has 0 bridgehead atoms. The molecule has 0 radical (unpaired) electrons. The molecular weight excluding hydrogens is 324 g/mol. The smallest absolute Gasteiger partial charge is 0.192 e. The molecule has 0 spiro atoms. The highest BCUT2D eigenvalue weighted by atomic mass is 28.4. The first kappa shape index (κ1) is 19.1. The lowest BCUT2D eigenvalue weighted by Gasteiger charge is -2.50. The molecule has 140 valence electrons. The van der Waals surface area contributed by atoms with E-state index in [0.29, 0.717) is 18.2 Å². The molecule has 3 nitrogen and oxygen atoms in total. The van der Waals surface area contributed by atoms with E-state index in [4.69, 9.17) is 4.43 Å². The van der Waals surface area contributed by atoms with Crippen LogP contribution in [0.2, 0.25) is 18.1 Å². The summed E-state index contributed by atoms with van der Waals surface area (Å²) >= 11 is 0. The molecule has 2 fully saturated rings. The van der Waals surface area contributed by atoms with Gasteiger partial charge in [0.2, 0.25) is 0 Å². The SMILES string of the molecule is CC(C)(C)[Si](C)(C)O[C@H]1CCC[C@H]2[C@@H]1NCCN2Cc1ccccc1. The first-order valence-electron chi connectivity index (χ1n) is 9.97. The van der Waals surface area contributed by atoms with Crippen molar-refractivity contribution in [3.05, 3.63) is 35.9 Å². The fraction of sp³-hybridized carbons (Fsp3) is 0.714. The van der Waals surface area contributed by atoms with Crippen LogP contribution in [-0.2, 0) is 11.0 Å². The molecular formula is C21H36N2OSi. The van der Waals surface area contributed by atoms with E-state index in [1.807, 2.05) is 0 Å². The van der Waals surface area contributed by atoms with Gasteiger partial charge in [-0.25, -0.2) is 0 Å². The predicted molar refractivity (Wildman–Crippen MR) is 108 cm³/mol. The molecule has 1 aliphatic carbocycles.